The number of aryl methyl sites for hydroxylation is 1. The number of anilines is 1. The third kappa shape index (κ3) is 4.58. The minimum absolute atomic E-state index is 0.152. The maximum atomic E-state index is 12.5. The highest BCUT2D eigenvalue weighted by Gasteiger charge is 2.09. The smallest absolute Gasteiger partial charge is 0.336 e. The van der Waals surface area contributed by atoms with Crippen LogP contribution in [-0.2, 0) is 11.2 Å². The number of carbonyl (C=O) groups excluding carboxylic acids is 1. The second-order valence-corrected chi connectivity index (χ2v) is 7.06. The Morgan fingerprint density at radius 3 is 2.57 bits per heavy atom. The maximum Gasteiger partial charge on any atom is 0.336 e. The van der Waals surface area contributed by atoms with Crippen LogP contribution >= 0.6 is 0 Å². The Morgan fingerprint density at radius 1 is 0.967 bits per heavy atom. The number of ether oxygens (including phenoxy) is 1. The predicted molar refractivity (Wildman–Crippen MR) is 117 cm³/mol. The molecule has 1 heterocycles. The van der Waals surface area contributed by atoms with Crippen LogP contribution in [0.3, 0.4) is 0 Å². The van der Waals surface area contributed by atoms with E-state index in [1.807, 2.05) is 55.5 Å². The summed E-state index contributed by atoms with van der Waals surface area (Å²) in [6.07, 6.45) is 0.723. The number of hydrogen-bond donors (Lipinski definition) is 1. The molecule has 0 bridgehead atoms. The van der Waals surface area contributed by atoms with Gasteiger partial charge in [-0.2, -0.15) is 0 Å². The van der Waals surface area contributed by atoms with Crippen LogP contribution in [0.15, 0.2) is 88.1 Å². The molecule has 3 aromatic carbocycles. The van der Waals surface area contributed by atoms with Crippen molar-refractivity contribution in [3.8, 4) is 5.75 Å². The van der Waals surface area contributed by atoms with Gasteiger partial charge in [-0.05, 0) is 48.2 Å². The molecule has 1 aromatic heterocycles. The van der Waals surface area contributed by atoms with Gasteiger partial charge in [0.25, 0.3) is 5.91 Å². The van der Waals surface area contributed by atoms with E-state index in [4.69, 9.17) is 9.15 Å². The molecule has 0 aliphatic heterocycles. The van der Waals surface area contributed by atoms with Crippen molar-refractivity contribution in [2.45, 2.75) is 13.3 Å². The average Bonchev–Trinajstić information content (AvgIpc) is 2.74. The van der Waals surface area contributed by atoms with E-state index in [1.165, 1.54) is 11.6 Å². The van der Waals surface area contributed by atoms with Gasteiger partial charge in [0, 0.05) is 23.2 Å². The van der Waals surface area contributed by atoms with E-state index in [0.29, 0.717) is 11.3 Å². The lowest BCUT2D eigenvalue weighted by Crippen LogP contribution is -2.21. The summed E-state index contributed by atoms with van der Waals surface area (Å²) in [5.41, 5.74) is 3.81. The van der Waals surface area contributed by atoms with Crippen molar-refractivity contribution in [1.29, 1.82) is 0 Å². The molecule has 0 radical (unpaired) electrons. The van der Waals surface area contributed by atoms with Crippen molar-refractivity contribution in [2.24, 2.45) is 0 Å². The summed E-state index contributed by atoms with van der Waals surface area (Å²) in [7, 11) is 0. The second kappa shape index (κ2) is 8.66. The Kier molecular flexibility index (Phi) is 5.61. The van der Waals surface area contributed by atoms with E-state index in [0.717, 1.165) is 28.6 Å². The number of carbonyl (C=O) groups is 1. The highest BCUT2D eigenvalue weighted by atomic mass is 16.5. The number of nitrogens with one attached hydrogen (secondary N) is 1. The molecule has 0 spiro atoms. The molecule has 1 N–H and O–H groups in total. The van der Waals surface area contributed by atoms with Crippen molar-refractivity contribution >= 4 is 22.6 Å². The lowest BCUT2D eigenvalue weighted by Gasteiger charge is -2.12. The highest BCUT2D eigenvalue weighted by molar-refractivity contribution is 5.92. The molecule has 0 aliphatic rings. The molecule has 5 heteroatoms. The Labute approximate surface area is 173 Å². The lowest BCUT2D eigenvalue weighted by molar-refractivity contribution is -0.118. The van der Waals surface area contributed by atoms with Crippen LogP contribution in [0.25, 0.3) is 11.0 Å². The Bertz CT molecular complexity index is 1240. The summed E-state index contributed by atoms with van der Waals surface area (Å²) in [5, 5.41) is 3.75. The molecule has 1 amide bonds. The summed E-state index contributed by atoms with van der Waals surface area (Å²) in [6.45, 7) is 1.70. The van der Waals surface area contributed by atoms with Crippen LogP contribution in [0.4, 0.5) is 5.69 Å². The van der Waals surface area contributed by atoms with Gasteiger partial charge >= 0.3 is 5.63 Å². The van der Waals surface area contributed by atoms with Gasteiger partial charge in [0.15, 0.2) is 6.61 Å². The minimum atomic E-state index is -0.412. The van der Waals surface area contributed by atoms with Crippen LogP contribution in [0.5, 0.6) is 5.75 Å². The van der Waals surface area contributed by atoms with Gasteiger partial charge in [0.05, 0.1) is 0 Å². The molecule has 0 atom stereocenters. The van der Waals surface area contributed by atoms with Gasteiger partial charge < -0.3 is 14.5 Å². The topological polar surface area (TPSA) is 68.5 Å². The first-order chi connectivity index (χ1) is 14.6. The highest BCUT2D eigenvalue weighted by Crippen LogP contribution is 2.23. The fraction of sp³-hybridized carbons (Fsp3) is 0.120. The number of rotatable bonds is 6. The molecule has 4 aromatic rings. The van der Waals surface area contributed by atoms with Crippen molar-refractivity contribution in [2.75, 3.05) is 11.9 Å². The molecule has 0 fully saturated rings. The number of fused-ring (bicyclic) bond motifs is 1. The van der Waals surface area contributed by atoms with E-state index in [2.05, 4.69) is 17.4 Å². The fourth-order valence-electron chi connectivity index (χ4n) is 3.34. The molecule has 0 saturated carbocycles. The van der Waals surface area contributed by atoms with Gasteiger partial charge in [-0.25, -0.2) is 4.79 Å². The first-order valence-electron chi connectivity index (χ1n) is 9.67. The summed E-state index contributed by atoms with van der Waals surface area (Å²) in [5.74, 6) is 0.199. The van der Waals surface area contributed by atoms with Crippen molar-refractivity contribution in [1.82, 2.24) is 0 Å². The van der Waals surface area contributed by atoms with E-state index < -0.39 is 5.63 Å². The Hall–Kier alpha value is -3.86. The lowest BCUT2D eigenvalue weighted by atomic mass is 10.0. The van der Waals surface area contributed by atoms with Crippen LogP contribution in [0.1, 0.15) is 16.7 Å². The summed E-state index contributed by atoms with van der Waals surface area (Å²) in [6, 6.07) is 24.5. The number of amides is 1. The van der Waals surface area contributed by atoms with E-state index >= 15 is 0 Å². The average molecular weight is 399 g/mol. The zero-order valence-corrected chi connectivity index (χ0v) is 16.6. The second-order valence-electron chi connectivity index (χ2n) is 7.06. The molecule has 150 valence electrons. The Balaban J connectivity index is 1.43. The number of benzene rings is 3. The first-order valence-corrected chi connectivity index (χ1v) is 9.67. The zero-order valence-electron chi connectivity index (χ0n) is 16.6. The van der Waals surface area contributed by atoms with Crippen molar-refractivity contribution in [3.05, 3.63) is 106 Å². The van der Waals surface area contributed by atoms with Crippen LogP contribution in [-0.4, -0.2) is 12.5 Å². The maximum absolute atomic E-state index is 12.5. The summed E-state index contributed by atoms with van der Waals surface area (Å²) in [4.78, 5) is 24.0. The van der Waals surface area contributed by atoms with Crippen LogP contribution in [0, 0.1) is 6.92 Å². The van der Waals surface area contributed by atoms with Gasteiger partial charge in [0.2, 0.25) is 0 Å². The van der Waals surface area contributed by atoms with E-state index in [9.17, 15) is 9.59 Å². The van der Waals surface area contributed by atoms with Crippen LogP contribution in [0.2, 0.25) is 0 Å². The first kappa shape index (κ1) is 19.5. The number of para-hydroxylation sites is 1. The molecule has 5 nitrogen and oxygen atoms in total. The van der Waals surface area contributed by atoms with Crippen LogP contribution < -0.4 is 15.7 Å². The van der Waals surface area contributed by atoms with E-state index in [-0.39, 0.29) is 12.5 Å². The van der Waals surface area contributed by atoms with Crippen molar-refractivity contribution in [3.63, 3.8) is 0 Å². The van der Waals surface area contributed by atoms with E-state index in [1.54, 1.807) is 12.1 Å². The monoisotopic (exact) mass is 399 g/mol. The molecule has 0 unspecified atom stereocenters. The fourth-order valence-corrected chi connectivity index (χ4v) is 3.34. The normalized spacial score (nSPS) is 10.7. The molecule has 4 rings (SSSR count). The largest absolute Gasteiger partial charge is 0.484 e. The molecule has 30 heavy (non-hydrogen) atoms. The molecule has 0 saturated heterocycles. The predicted octanol–water partition coefficient (Wildman–Crippen LogP) is 4.71. The quantitative estimate of drug-likeness (QED) is 0.477. The summed E-state index contributed by atoms with van der Waals surface area (Å²) >= 11 is 0. The number of hydrogen-bond acceptors (Lipinski definition) is 4. The Morgan fingerprint density at radius 2 is 1.73 bits per heavy atom. The SMILES string of the molecule is Cc1cc(=O)oc2cc(OCC(=O)Nc3ccccc3Cc3ccccc3)ccc12. The molecule has 0 aliphatic carbocycles. The zero-order chi connectivity index (χ0) is 20.9. The third-order valence-corrected chi connectivity index (χ3v) is 4.82. The summed E-state index contributed by atoms with van der Waals surface area (Å²) < 4.78 is 10.8. The van der Waals surface area contributed by atoms with Gasteiger partial charge in [0.1, 0.15) is 11.3 Å². The van der Waals surface area contributed by atoms with Crippen molar-refractivity contribution < 1.29 is 13.9 Å². The van der Waals surface area contributed by atoms with Gasteiger partial charge in [-0.3, -0.25) is 4.79 Å². The minimum Gasteiger partial charge on any atom is -0.484 e. The van der Waals surface area contributed by atoms with Gasteiger partial charge in [-0.1, -0.05) is 48.5 Å². The molecular formula is C25H21NO4. The van der Waals surface area contributed by atoms with Gasteiger partial charge in [-0.15, -0.1) is 0 Å². The third-order valence-electron chi connectivity index (χ3n) is 4.82. The standard InChI is InChI=1S/C25H21NO4/c1-17-13-25(28)30-23-15-20(11-12-21(17)23)29-16-24(27)26-22-10-6-5-9-19(22)14-18-7-3-2-4-8-18/h2-13,15H,14,16H2,1H3,(H,26,27). The molecular weight excluding hydrogens is 378 g/mol.